The molecule has 0 aliphatic carbocycles. The maximum atomic E-state index is 10.2. The summed E-state index contributed by atoms with van der Waals surface area (Å²) in [7, 11) is 1.69. The summed E-state index contributed by atoms with van der Waals surface area (Å²) < 4.78 is 12.0. The highest BCUT2D eigenvalue weighted by molar-refractivity contribution is 9.10. The number of hydrogen-bond acceptors (Lipinski definition) is 3. The molecule has 0 saturated heterocycles. The monoisotopic (exact) mass is 326 g/mol. The first-order valence-corrected chi connectivity index (χ1v) is 7.13. The van der Waals surface area contributed by atoms with Crippen LogP contribution in [-0.2, 0) is 4.74 Å². The largest absolute Gasteiger partial charge is 0.457 e. The van der Waals surface area contributed by atoms with E-state index in [4.69, 9.17) is 9.15 Å². The van der Waals surface area contributed by atoms with Gasteiger partial charge in [-0.3, -0.25) is 0 Å². The molecule has 0 bridgehead atoms. The third-order valence-electron chi connectivity index (χ3n) is 3.42. The average Bonchev–Trinajstić information content (AvgIpc) is 2.81. The number of fused-ring (bicyclic) bond motifs is 1. The van der Waals surface area contributed by atoms with E-state index >= 15 is 0 Å². The van der Waals surface area contributed by atoms with Gasteiger partial charge < -0.3 is 14.3 Å². The summed E-state index contributed by atoms with van der Waals surface area (Å²) in [5.74, 6) is 0.605. The van der Waals surface area contributed by atoms with Crippen LogP contribution in [0.2, 0.25) is 0 Å². The van der Waals surface area contributed by atoms with Crippen molar-refractivity contribution in [3.8, 4) is 0 Å². The van der Waals surface area contributed by atoms with E-state index in [1.807, 2.05) is 38.1 Å². The number of aliphatic hydroxyl groups excluding tert-OH is 1. The van der Waals surface area contributed by atoms with E-state index in [1.165, 1.54) is 0 Å². The molecule has 0 fully saturated rings. The third-order valence-corrected chi connectivity index (χ3v) is 4.04. The Morgan fingerprint density at radius 1 is 1.42 bits per heavy atom. The van der Waals surface area contributed by atoms with E-state index in [0.29, 0.717) is 12.2 Å². The highest BCUT2D eigenvalue weighted by Crippen LogP contribution is 2.32. The second kappa shape index (κ2) is 5.65. The van der Waals surface area contributed by atoms with Gasteiger partial charge in [-0.15, -0.1) is 0 Å². The first-order chi connectivity index (χ1) is 8.93. The minimum Gasteiger partial charge on any atom is -0.457 e. The van der Waals surface area contributed by atoms with E-state index in [2.05, 4.69) is 15.9 Å². The van der Waals surface area contributed by atoms with Crippen LogP contribution in [0.25, 0.3) is 11.0 Å². The number of furan rings is 1. The zero-order chi connectivity index (χ0) is 14.0. The fraction of sp³-hybridized carbons (Fsp3) is 0.467. The van der Waals surface area contributed by atoms with E-state index in [1.54, 1.807) is 7.11 Å². The van der Waals surface area contributed by atoms with Crippen LogP contribution in [-0.4, -0.2) is 17.8 Å². The normalized spacial score (nSPS) is 13.9. The Bertz CT molecular complexity index is 560. The Labute approximate surface area is 121 Å². The minimum atomic E-state index is -0.603. The molecule has 1 aromatic heterocycles. The van der Waals surface area contributed by atoms with Gasteiger partial charge in [-0.1, -0.05) is 12.1 Å². The number of rotatable bonds is 5. The lowest BCUT2D eigenvalue weighted by Crippen LogP contribution is -2.23. The van der Waals surface area contributed by atoms with Crippen LogP contribution in [0.3, 0.4) is 0 Å². The van der Waals surface area contributed by atoms with Crippen molar-refractivity contribution >= 4 is 26.9 Å². The van der Waals surface area contributed by atoms with Crippen molar-refractivity contribution in [2.24, 2.45) is 0 Å². The predicted molar refractivity (Wildman–Crippen MR) is 79.2 cm³/mol. The van der Waals surface area contributed by atoms with Crippen molar-refractivity contribution in [1.29, 1.82) is 0 Å². The maximum Gasteiger partial charge on any atom is 0.148 e. The Hall–Kier alpha value is -0.840. The average molecular weight is 327 g/mol. The fourth-order valence-corrected chi connectivity index (χ4v) is 2.40. The Morgan fingerprint density at radius 3 is 2.79 bits per heavy atom. The molecule has 104 valence electrons. The number of halogens is 1. The second-order valence-electron chi connectivity index (χ2n) is 5.33. The molecule has 2 aromatic rings. The van der Waals surface area contributed by atoms with Gasteiger partial charge >= 0.3 is 0 Å². The van der Waals surface area contributed by atoms with Gasteiger partial charge in [0.25, 0.3) is 0 Å². The van der Waals surface area contributed by atoms with E-state index in [0.717, 1.165) is 21.9 Å². The lowest BCUT2D eigenvalue weighted by molar-refractivity contribution is 0.000932. The molecule has 4 heteroatoms. The molecule has 0 aliphatic heterocycles. The van der Waals surface area contributed by atoms with Crippen molar-refractivity contribution in [1.82, 2.24) is 0 Å². The first-order valence-electron chi connectivity index (χ1n) is 6.34. The molecular formula is C15H19BrO3. The van der Waals surface area contributed by atoms with E-state index in [-0.39, 0.29) is 5.60 Å². The van der Waals surface area contributed by atoms with Crippen LogP contribution < -0.4 is 0 Å². The molecule has 0 radical (unpaired) electrons. The highest BCUT2D eigenvalue weighted by Gasteiger charge is 2.21. The number of benzene rings is 1. The SMILES string of the molecule is COC(C)(C)CCC(O)c1cc2cccc(Br)c2o1. The summed E-state index contributed by atoms with van der Waals surface area (Å²) in [5, 5.41) is 11.2. The van der Waals surface area contributed by atoms with E-state index in [9.17, 15) is 5.11 Å². The predicted octanol–water partition coefficient (Wildman–Crippen LogP) is 4.43. The molecule has 1 atom stereocenters. The molecule has 3 nitrogen and oxygen atoms in total. The molecule has 1 heterocycles. The zero-order valence-electron chi connectivity index (χ0n) is 11.4. The summed E-state index contributed by atoms with van der Waals surface area (Å²) in [4.78, 5) is 0. The van der Waals surface area contributed by atoms with Crippen LogP contribution in [0.4, 0.5) is 0 Å². The highest BCUT2D eigenvalue weighted by atomic mass is 79.9. The van der Waals surface area contributed by atoms with Crippen LogP contribution >= 0.6 is 15.9 Å². The topological polar surface area (TPSA) is 42.6 Å². The Morgan fingerprint density at radius 2 is 2.16 bits per heavy atom. The summed E-state index contributed by atoms with van der Waals surface area (Å²) >= 11 is 3.45. The van der Waals surface area contributed by atoms with Crippen molar-refractivity contribution in [3.63, 3.8) is 0 Å². The number of para-hydroxylation sites is 1. The van der Waals surface area contributed by atoms with Crippen molar-refractivity contribution < 1.29 is 14.3 Å². The maximum absolute atomic E-state index is 10.2. The molecule has 19 heavy (non-hydrogen) atoms. The number of hydrogen-bond donors (Lipinski definition) is 1. The van der Waals surface area contributed by atoms with Gasteiger partial charge in [-0.25, -0.2) is 0 Å². The standard InChI is InChI=1S/C15H19BrO3/c1-15(2,18-3)8-7-12(17)13-9-10-5-4-6-11(16)14(10)19-13/h4-6,9,12,17H,7-8H2,1-3H3. The molecule has 1 aromatic carbocycles. The van der Waals surface area contributed by atoms with Crippen molar-refractivity contribution in [3.05, 3.63) is 34.5 Å². The van der Waals surface area contributed by atoms with Gasteiger partial charge in [0.05, 0.1) is 10.1 Å². The van der Waals surface area contributed by atoms with Gasteiger partial charge in [0.15, 0.2) is 0 Å². The number of aliphatic hydroxyl groups is 1. The quantitative estimate of drug-likeness (QED) is 0.883. The van der Waals surface area contributed by atoms with Crippen LogP contribution in [0.1, 0.15) is 38.6 Å². The Kier molecular flexibility index (Phi) is 4.33. The first kappa shape index (κ1) is 14.6. The van der Waals surface area contributed by atoms with E-state index < -0.39 is 6.10 Å². The summed E-state index contributed by atoms with van der Waals surface area (Å²) in [6.07, 6.45) is 0.773. The zero-order valence-corrected chi connectivity index (χ0v) is 13.0. The van der Waals surface area contributed by atoms with Gasteiger partial charge in [0.1, 0.15) is 17.4 Å². The molecule has 0 saturated carbocycles. The van der Waals surface area contributed by atoms with Gasteiger partial charge in [-0.05, 0) is 54.8 Å². The van der Waals surface area contributed by atoms with Gasteiger partial charge in [-0.2, -0.15) is 0 Å². The van der Waals surface area contributed by atoms with Crippen molar-refractivity contribution in [2.45, 2.75) is 38.4 Å². The molecular weight excluding hydrogens is 308 g/mol. The molecule has 0 spiro atoms. The molecule has 0 aliphatic rings. The van der Waals surface area contributed by atoms with Crippen LogP contribution in [0.5, 0.6) is 0 Å². The molecule has 2 rings (SSSR count). The lowest BCUT2D eigenvalue weighted by Gasteiger charge is -2.23. The third kappa shape index (κ3) is 3.38. The summed E-state index contributed by atoms with van der Waals surface area (Å²) in [6.45, 7) is 4.02. The van der Waals surface area contributed by atoms with Crippen molar-refractivity contribution in [2.75, 3.05) is 7.11 Å². The number of ether oxygens (including phenoxy) is 1. The minimum absolute atomic E-state index is 0.229. The molecule has 1 N–H and O–H groups in total. The summed E-state index contributed by atoms with van der Waals surface area (Å²) in [6, 6.07) is 7.74. The second-order valence-corrected chi connectivity index (χ2v) is 6.18. The Balaban J connectivity index is 2.13. The molecule has 0 amide bonds. The number of methoxy groups -OCH3 is 1. The summed E-state index contributed by atoms with van der Waals surface area (Å²) in [5.41, 5.74) is 0.552. The van der Waals surface area contributed by atoms with Crippen LogP contribution in [0, 0.1) is 0 Å². The van der Waals surface area contributed by atoms with Crippen LogP contribution in [0.15, 0.2) is 33.2 Å². The lowest BCUT2D eigenvalue weighted by atomic mass is 9.99. The van der Waals surface area contributed by atoms with Gasteiger partial charge in [0.2, 0.25) is 0 Å². The molecule has 1 unspecified atom stereocenters. The fourth-order valence-electron chi connectivity index (χ4n) is 1.94. The van der Waals surface area contributed by atoms with Gasteiger partial charge in [0, 0.05) is 12.5 Å². The smallest absolute Gasteiger partial charge is 0.148 e.